The summed E-state index contributed by atoms with van der Waals surface area (Å²) in [4.78, 5) is 15.0. The molecule has 1 unspecified atom stereocenters. The Morgan fingerprint density at radius 2 is 1.66 bits per heavy atom. The Bertz CT molecular complexity index is 1530. The number of aliphatic hydroxyl groups excluding tert-OH is 1. The van der Waals surface area contributed by atoms with Gasteiger partial charge in [0.15, 0.2) is 9.84 Å². The molecule has 0 saturated carbocycles. The Labute approximate surface area is 252 Å². The number of nitrogens with zero attached hydrogens (tertiary/aromatic N) is 1. The van der Waals surface area contributed by atoms with Gasteiger partial charge in [-0.2, -0.15) is 22.0 Å². The van der Waals surface area contributed by atoms with Gasteiger partial charge in [0.05, 0.1) is 41.5 Å². The van der Waals surface area contributed by atoms with Crippen molar-refractivity contribution in [3.05, 3.63) is 95.1 Å². The SMILES string of the molecule is CCS(=O)(=O)c1ccc([C@H](CO)NC(=O)c2ccc(N3CC(C)(c4ccc(C(F)(F)F)cc4)C[C@H]3COC(F)F)cc2)cc1. The number of carbonyl (C=O) groups is 1. The standard InChI is InChI=1S/C31H33F5N2O5S/c1-3-44(41,42)26-14-6-20(7-15-26)27(17-39)37-28(40)21-4-12-24(13-5-21)38-19-30(2,16-25(38)18-43-29(32)33)22-8-10-23(11-9-22)31(34,35)36/h4-15,25,27,29,39H,3,16-19H2,1-2H3,(H,37,40)/t25-,27-,30?/m0/s1. The van der Waals surface area contributed by atoms with E-state index in [1.807, 2.05) is 11.8 Å². The summed E-state index contributed by atoms with van der Waals surface area (Å²) in [5.74, 6) is -0.566. The number of benzene rings is 3. The van der Waals surface area contributed by atoms with Crippen LogP contribution in [0.1, 0.15) is 53.4 Å². The molecule has 1 heterocycles. The van der Waals surface area contributed by atoms with Crippen molar-refractivity contribution in [3.8, 4) is 0 Å². The molecule has 4 rings (SSSR count). The lowest BCUT2D eigenvalue weighted by Gasteiger charge is -2.28. The number of anilines is 1. The zero-order valence-electron chi connectivity index (χ0n) is 24.0. The Kier molecular flexibility index (Phi) is 10.0. The van der Waals surface area contributed by atoms with Crippen molar-refractivity contribution >= 4 is 21.4 Å². The number of nitrogens with one attached hydrogen (secondary N) is 1. The summed E-state index contributed by atoms with van der Waals surface area (Å²) in [6.07, 6.45) is -4.15. The van der Waals surface area contributed by atoms with Gasteiger partial charge in [0, 0.05) is 23.2 Å². The number of carbonyl (C=O) groups excluding carboxylic acids is 1. The first-order valence-corrected chi connectivity index (χ1v) is 15.5. The maximum atomic E-state index is 13.1. The fourth-order valence-corrected chi connectivity index (χ4v) is 6.34. The maximum Gasteiger partial charge on any atom is 0.416 e. The van der Waals surface area contributed by atoms with Gasteiger partial charge in [-0.25, -0.2) is 8.42 Å². The van der Waals surface area contributed by atoms with Gasteiger partial charge in [0.1, 0.15) is 0 Å². The van der Waals surface area contributed by atoms with Gasteiger partial charge in [0.25, 0.3) is 5.91 Å². The molecular formula is C31H33F5N2O5S. The molecule has 3 atom stereocenters. The van der Waals surface area contributed by atoms with Gasteiger partial charge in [-0.3, -0.25) is 4.79 Å². The Morgan fingerprint density at radius 3 is 2.18 bits per heavy atom. The largest absolute Gasteiger partial charge is 0.416 e. The fourth-order valence-electron chi connectivity index (χ4n) is 5.46. The summed E-state index contributed by atoms with van der Waals surface area (Å²) in [6.45, 7) is -0.0562. The van der Waals surface area contributed by atoms with Crippen molar-refractivity contribution in [1.82, 2.24) is 5.32 Å². The van der Waals surface area contributed by atoms with Crippen molar-refractivity contribution < 1.29 is 45.0 Å². The minimum Gasteiger partial charge on any atom is -0.394 e. The van der Waals surface area contributed by atoms with Crippen molar-refractivity contribution in [3.63, 3.8) is 0 Å². The number of amides is 1. The number of ether oxygens (including phenoxy) is 1. The van der Waals surface area contributed by atoms with Crippen molar-refractivity contribution in [2.45, 2.75) is 55.5 Å². The minimum atomic E-state index is -4.48. The normalized spacial score (nSPS) is 19.8. The quantitative estimate of drug-likeness (QED) is 0.260. The molecule has 1 aliphatic heterocycles. The van der Waals surface area contributed by atoms with Crippen LogP contribution in [0.2, 0.25) is 0 Å². The molecule has 238 valence electrons. The Hall–Kier alpha value is -3.55. The van der Waals surface area contributed by atoms with Crippen molar-refractivity contribution in [2.75, 3.05) is 30.4 Å². The van der Waals surface area contributed by atoms with Crippen LogP contribution in [0, 0.1) is 0 Å². The third kappa shape index (κ3) is 7.56. The summed E-state index contributed by atoms with van der Waals surface area (Å²) in [6, 6.07) is 15.7. The number of alkyl halides is 5. The smallest absolute Gasteiger partial charge is 0.394 e. The molecule has 1 fully saturated rings. The van der Waals surface area contributed by atoms with E-state index in [1.54, 1.807) is 12.1 Å². The second-order valence-electron chi connectivity index (χ2n) is 10.9. The van der Waals surface area contributed by atoms with E-state index in [4.69, 9.17) is 0 Å². The summed E-state index contributed by atoms with van der Waals surface area (Å²) in [5, 5.41) is 12.6. The van der Waals surface area contributed by atoms with E-state index in [1.165, 1.54) is 55.5 Å². The van der Waals surface area contributed by atoms with Gasteiger partial charge in [-0.15, -0.1) is 0 Å². The summed E-state index contributed by atoms with van der Waals surface area (Å²) >= 11 is 0. The molecule has 1 aliphatic rings. The van der Waals surface area contributed by atoms with Crippen molar-refractivity contribution in [1.29, 1.82) is 0 Å². The Morgan fingerprint density at radius 1 is 1.05 bits per heavy atom. The topological polar surface area (TPSA) is 95.9 Å². The predicted molar refractivity (Wildman–Crippen MR) is 154 cm³/mol. The van der Waals surface area contributed by atoms with E-state index < -0.39 is 58.2 Å². The van der Waals surface area contributed by atoms with E-state index in [2.05, 4.69) is 10.1 Å². The molecule has 44 heavy (non-hydrogen) atoms. The molecule has 0 bridgehead atoms. The van der Waals surface area contributed by atoms with Gasteiger partial charge < -0.3 is 20.1 Å². The van der Waals surface area contributed by atoms with Gasteiger partial charge in [-0.05, 0) is 66.1 Å². The van der Waals surface area contributed by atoms with E-state index >= 15 is 0 Å². The molecular weight excluding hydrogens is 607 g/mol. The average Bonchev–Trinajstić information content (AvgIpc) is 3.36. The van der Waals surface area contributed by atoms with Crippen LogP contribution in [0.4, 0.5) is 27.6 Å². The molecule has 1 saturated heterocycles. The van der Waals surface area contributed by atoms with Crippen LogP contribution in [0.5, 0.6) is 0 Å². The van der Waals surface area contributed by atoms with Gasteiger partial charge >= 0.3 is 12.8 Å². The molecule has 1 amide bonds. The fraction of sp³-hybridized carbons (Fsp3) is 0.387. The first-order valence-electron chi connectivity index (χ1n) is 13.9. The van der Waals surface area contributed by atoms with Crippen LogP contribution in [0.15, 0.2) is 77.7 Å². The van der Waals surface area contributed by atoms with Gasteiger partial charge in [0.2, 0.25) is 0 Å². The molecule has 2 N–H and O–H groups in total. The van der Waals surface area contributed by atoms with Crippen LogP contribution in [0.25, 0.3) is 0 Å². The van der Waals surface area contributed by atoms with Crippen LogP contribution >= 0.6 is 0 Å². The number of sulfone groups is 1. The highest BCUT2D eigenvalue weighted by atomic mass is 32.2. The van der Waals surface area contributed by atoms with E-state index in [9.17, 15) is 40.3 Å². The third-order valence-corrected chi connectivity index (χ3v) is 9.69. The molecule has 0 spiro atoms. The molecule has 3 aromatic rings. The summed E-state index contributed by atoms with van der Waals surface area (Å²) in [5.41, 5.74) is 0.539. The average molecular weight is 641 g/mol. The monoisotopic (exact) mass is 640 g/mol. The predicted octanol–water partition coefficient (Wildman–Crippen LogP) is 5.74. The molecule has 13 heteroatoms. The summed E-state index contributed by atoms with van der Waals surface area (Å²) < 4.78 is 93.9. The number of rotatable bonds is 11. The first kappa shape index (κ1) is 33.3. The molecule has 0 aromatic heterocycles. The molecule has 0 radical (unpaired) electrons. The number of aliphatic hydroxyl groups is 1. The first-order chi connectivity index (χ1) is 20.7. The van der Waals surface area contributed by atoms with E-state index in [-0.39, 0.29) is 22.8 Å². The zero-order chi connectivity index (χ0) is 32.3. The van der Waals surface area contributed by atoms with E-state index in [0.29, 0.717) is 29.8 Å². The van der Waals surface area contributed by atoms with E-state index in [0.717, 1.165) is 12.1 Å². The Balaban J connectivity index is 1.51. The van der Waals surface area contributed by atoms with Crippen LogP contribution in [-0.2, 0) is 26.2 Å². The van der Waals surface area contributed by atoms with Crippen LogP contribution in [0.3, 0.4) is 0 Å². The van der Waals surface area contributed by atoms with Crippen LogP contribution in [-0.4, -0.2) is 57.6 Å². The second kappa shape index (κ2) is 13.2. The molecule has 0 aliphatic carbocycles. The lowest BCUT2D eigenvalue weighted by atomic mass is 9.80. The van der Waals surface area contributed by atoms with Crippen molar-refractivity contribution in [2.24, 2.45) is 0 Å². The molecule has 3 aromatic carbocycles. The highest BCUT2D eigenvalue weighted by Gasteiger charge is 2.43. The highest BCUT2D eigenvalue weighted by molar-refractivity contribution is 7.91. The number of halogens is 5. The second-order valence-corrected chi connectivity index (χ2v) is 13.2. The lowest BCUT2D eigenvalue weighted by molar-refractivity contribution is -0.137. The highest BCUT2D eigenvalue weighted by Crippen LogP contribution is 2.41. The maximum absolute atomic E-state index is 13.1. The van der Waals surface area contributed by atoms with Crippen LogP contribution < -0.4 is 10.2 Å². The zero-order valence-corrected chi connectivity index (χ0v) is 24.8. The lowest BCUT2D eigenvalue weighted by Crippen LogP contribution is -2.34. The number of hydrogen-bond acceptors (Lipinski definition) is 6. The molecule has 7 nitrogen and oxygen atoms in total. The van der Waals surface area contributed by atoms with Gasteiger partial charge in [-0.1, -0.05) is 38.1 Å². The number of hydrogen-bond donors (Lipinski definition) is 2. The minimum absolute atomic E-state index is 0.0613. The third-order valence-electron chi connectivity index (χ3n) is 7.94. The summed E-state index contributed by atoms with van der Waals surface area (Å²) in [7, 11) is -3.41.